The van der Waals surface area contributed by atoms with E-state index < -0.39 is 5.91 Å². The van der Waals surface area contributed by atoms with Crippen LogP contribution in [0.2, 0.25) is 0 Å². The molecular formula is C11H15N3O. The molecule has 3 N–H and O–H groups in total. The molecule has 1 aromatic rings. The van der Waals surface area contributed by atoms with Gasteiger partial charge in [-0.15, -0.1) is 0 Å². The molecule has 0 bridgehead atoms. The molecule has 4 heteroatoms. The number of amides is 1. The number of nitrogens with one attached hydrogen (secondary N) is 1. The van der Waals surface area contributed by atoms with E-state index in [1.165, 1.54) is 0 Å². The molecular weight excluding hydrogens is 190 g/mol. The van der Waals surface area contributed by atoms with Crippen LogP contribution < -0.4 is 11.1 Å². The molecule has 1 fully saturated rings. The number of nitrogens with two attached hydrogens (primary N) is 1. The smallest absolute Gasteiger partial charge is 0.252 e. The number of hydrogen-bond donors (Lipinski definition) is 2. The summed E-state index contributed by atoms with van der Waals surface area (Å²) in [7, 11) is 0. The van der Waals surface area contributed by atoms with Gasteiger partial charge in [0.25, 0.3) is 5.91 Å². The van der Waals surface area contributed by atoms with E-state index in [2.05, 4.69) is 24.1 Å². The van der Waals surface area contributed by atoms with Crippen molar-refractivity contribution in [2.24, 2.45) is 11.1 Å². The highest BCUT2D eigenvalue weighted by Crippen LogP contribution is 2.46. The van der Waals surface area contributed by atoms with Gasteiger partial charge in [-0.25, -0.2) is 4.98 Å². The number of rotatable bonds is 3. The summed E-state index contributed by atoms with van der Waals surface area (Å²) in [6.45, 7) is 4.36. The molecule has 0 radical (unpaired) electrons. The van der Waals surface area contributed by atoms with E-state index >= 15 is 0 Å². The maximum atomic E-state index is 11.1. The van der Waals surface area contributed by atoms with Crippen molar-refractivity contribution in [3.05, 3.63) is 23.9 Å². The van der Waals surface area contributed by atoms with E-state index in [1.54, 1.807) is 18.3 Å². The second kappa shape index (κ2) is 3.22. The van der Waals surface area contributed by atoms with Gasteiger partial charge in [-0.05, 0) is 24.0 Å². The summed E-state index contributed by atoms with van der Waals surface area (Å²) in [5.41, 5.74) is 6.02. The van der Waals surface area contributed by atoms with Gasteiger partial charge in [0.05, 0.1) is 5.56 Å². The molecule has 80 valence electrons. The lowest BCUT2D eigenvalue weighted by atomic mass is 10.2. The minimum absolute atomic E-state index is 0.298. The highest BCUT2D eigenvalue weighted by atomic mass is 16.1. The quantitative estimate of drug-likeness (QED) is 0.783. The SMILES string of the molecule is CC1(C)CC1Nc1ncccc1C(N)=O. The van der Waals surface area contributed by atoms with Crippen LogP contribution in [-0.2, 0) is 0 Å². The summed E-state index contributed by atoms with van der Waals surface area (Å²) in [4.78, 5) is 15.3. The summed E-state index contributed by atoms with van der Waals surface area (Å²) in [5, 5.41) is 3.24. The van der Waals surface area contributed by atoms with Gasteiger partial charge in [0, 0.05) is 12.2 Å². The molecule has 1 aliphatic carbocycles. The molecule has 1 heterocycles. The van der Waals surface area contributed by atoms with E-state index in [4.69, 9.17) is 5.73 Å². The molecule has 15 heavy (non-hydrogen) atoms. The van der Waals surface area contributed by atoms with Gasteiger partial charge < -0.3 is 11.1 Å². The van der Waals surface area contributed by atoms with E-state index in [0.29, 0.717) is 22.8 Å². The van der Waals surface area contributed by atoms with Crippen LogP contribution in [0.4, 0.5) is 5.82 Å². The van der Waals surface area contributed by atoms with E-state index in [-0.39, 0.29) is 0 Å². The zero-order valence-electron chi connectivity index (χ0n) is 8.95. The lowest BCUT2D eigenvalue weighted by molar-refractivity contribution is 0.100. The van der Waals surface area contributed by atoms with Gasteiger partial charge in [-0.1, -0.05) is 13.8 Å². The molecule has 0 spiro atoms. The van der Waals surface area contributed by atoms with E-state index in [0.717, 1.165) is 6.42 Å². The number of carbonyl (C=O) groups excluding carboxylic acids is 1. The lowest BCUT2D eigenvalue weighted by Crippen LogP contribution is -2.17. The molecule has 1 unspecified atom stereocenters. The van der Waals surface area contributed by atoms with Gasteiger partial charge in [-0.2, -0.15) is 0 Å². The number of anilines is 1. The molecule has 1 aromatic heterocycles. The third kappa shape index (κ3) is 1.93. The molecule has 0 saturated heterocycles. The maximum absolute atomic E-state index is 11.1. The standard InChI is InChI=1S/C11H15N3O/c1-11(2)6-8(11)14-10-7(9(12)15)4-3-5-13-10/h3-5,8H,6H2,1-2H3,(H2,12,15)(H,13,14). The van der Waals surface area contributed by atoms with Gasteiger partial charge >= 0.3 is 0 Å². The summed E-state index contributed by atoms with van der Waals surface area (Å²) in [6, 6.07) is 3.79. The lowest BCUT2D eigenvalue weighted by Gasteiger charge is -2.09. The van der Waals surface area contributed by atoms with E-state index in [1.807, 2.05) is 0 Å². The Labute approximate surface area is 88.9 Å². The first-order valence-electron chi connectivity index (χ1n) is 5.02. The second-order valence-corrected chi connectivity index (χ2v) is 4.65. The van der Waals surface area contributed by atoms with Crippen LogP contribution >= 0.6 is 0 Å². The number of carbonyl (C=O) groups is 1. The van der Waals surface area contributed by atoms with Gasteiger partial charge in [0.1, 0.15) is 5.82 Å². The third-order valence-corrected chi connectivity index (χ3v) is 2.90. The summed E-state index contributed by atoms with van der Waals surface area (Å²) in [5.74, 6) is 0.157. The average Bonchev–Trinajstić information content (AvgIpc) is 2.74. The van der Waals surface area contributed by atoms with Crippen molar-refractivity contribution in [3.8, 4) is 0 Å². The highest BCUT2D eigenvalue weighted by molar-refractivity contribution is 5.97. The van der Waals surface area contributed by atoms with Gasteiger partial charge in [0.15, 0.2) is 0 Å². The molecule has 2 rings (SSSR count). The van der Waals surface area contributed by atoms with Crippen LogP contribution in [0.1, 0.15) is 30.6 Å². The first-order valence-corrected chi connectivity index (χ1v) is 5.02. The largest absolute Gasteiger partial charge is 0.366 e. The Morgan fingerprint density at radius 1 is 1.67 bits per heavy atom. The molecule has 1 aliphatic rings. The van der Waals surface area contributed by atoms with E-state index in [9.17, 15) is 4.79 Å². The maximum Gasteiger partial charge on any atom is 0.252 e. The fourth-order valence-corrected chi connectivity index (χ4v) is 1.60. The Kier molecular flexibility index (Phi) is 2.14. The van der Waals surface area contributed by atoms with Crippen molar-refractivity contribution < 1.29 is 4.79 Å². The zero-order chi connectivity index (χ0) is 11.1. The average molecular weight is 205 g/mol. The Balaban J connectivity index is 2.18. The fraction of sp³-hybridized carbons (Fsp3) is 0.455. The van der Waals surface area contributed by atoms with Crippen molar-refractivity contribution in [2.45, 2.75) is 26.3 Å². The number of aromatic nitrogens is 1. The Bertz CT molecular complexity index is 401. The molecule has 4 nitrogen and oxygen atoms in total. The van der Waals surface area contributed by atoms with Crippen LogP contribution in [0.25, 0.3) is 0 Å². The first kappa shape index (κ1) is 9.96. The van der Waals surface area contributed by atoms with Gasteiger partial charge in [-0.3, -0.25) is 4.79 Å². The first-order chi connectivity index (χ1) is 7.00. The Morgan fingerprint density at radius 3 is 2.87 bits per heavy atom. The Morgan fingerprint density at radius 2 is 2.33 bits per heavy atom. The van der Waals surface area contributed by atoms with Crippen molar-refractivity contribution >= 4 is 11.7 Å². The number of pyridine rings is 1. The van der Waals surface area contributed by atoms with Crippen molar-refractivity contribution in [3.63, 3.8) is 0 Å². The zero-order valence-corrected chi connectivity index (χ0v) is 8.95. The van der Waals surface area contributed by atoms with Crippen molar-refractivity contribution in [2.75, 3.05) is 5.32 Å². The van der Waals surface area contributed by atoms with Gasteiger partial charge in [0.2, 0.25) is 0 Å². The minimum Gasteiger partial charge on any atom is -0.366 e. The third-order valence-electron chi connectivity index (χ3n) is 2.90. The normalized spacial score (nSPS) is 22.1. The van der Waals surface area contributed by atoms with Crippen LogP contribution in [0.5, 0.6) is 0 Å². The molecule has 0 aliphatic heterocycles. The monoisotopic (exact) mass is 205 g/mol. The minimum atomic E-state index is -0.441. The summed E-state index contributed by atoms with van der Waals surface area (Å²) >= 11 is 0. The number of nitrogens with zero attached hydrogens (tertiary/aromatic N) is 1. The number of hydrogen-bond acceptors (Lipinski definition) is 3. The van der Waals surface area contributed by atoms with Crippen molar-refractivity contribution in [1.82, 2.24) is 4.98 Å². The predicted molar refractivity (Wildman–Crippen MR) is 58.6 cm³/mol. The second-order valence-electron chi connectivity index (χ2n) is 4.65. The fourth-order valence-electron chi connectivity index (χ4n) is 1.60. The summed E-state index contributed by atoms with van der Waals surface area (Å²) < 4.78 is 0. The molecule has 0 aromatic carbocycles. The summed E-state index contributed by atoms with van der Waals surface area (Å²) in [6.07, 6.45) is 2.76. The number of primary amides is 1. The van der Waals surface area contributed by atoms with Crippen LogP contribution in [0.15, 0.2) is 18.3 Å². The van der Waals surface area contributed by atoms with Crippen molar-refractivity contribution in [1.29, 1.82) is 0 Å². The predicted octanol–water partition coefficient (Wildman–Crippen LogP) is 1.39. The van der Waals surface area contributed by atoms with Crippen LogP contribution in [-0.4, -0.2) is 16.9 Å². The topological polar surface area (TPSA) is 68.0 Å². The molecule has 1 amide bonds. The Hall–Kier alpha value is -1.58. The molecule has 1 atom stereocenters. The molecule has 1 saturated carbocycles. The highest BCUT2D eigenvalue weighted by Gasteiger charge is 2.46. The van der Waals surface area contributed by atoms with Crippen LogP contribution in [0.3, 0.4) is 0 Å². The van der Waals surface area contributed by atoms with Crippen LogP contribution in [0, 0.1) is 5.41 Å².